The van der Waals surface area contributed by atoms with E-state index in [0.29, 0.717) is 13.2 Å². The number of fused-ring (bicyclic) bond motifs is 1. The fraction of sp³-hybridized carbons (Fsp3) is 0.167. The third-order valence-electron chi connectivity index (χ3n) is 4.10. The van der Waals surface area contributed by atoms with Crippen LogP contribution in [0.5, 0.6) is 5.75 Å². The Morgan fingerprint density at radius 2 is 1.83 bits per heavy atom. The maximum Gasteiger partial charge on any atom is 0.150 e. The summed E-state index contributed by atoms with van der Waals surface area (Å²) in [6.07, 6.45) is 3.19. The zero-order valence-corrected chi connectivity index (χ0v) is 12.9. The van der Waals surface area contributed by atoms with Crippen LogP contribution in [0.2, 0.25) is 0 Å². The van der Waals surface area contributed by atoms with Crippen molar-refractivity contribution in [3.63, 3.8) is 0 Å². The average molecular weight is 328 g/mol. The molecule has 0 bridgehead atoms. The molecule has 0 saturated carbocycles. The van der Waals surface area contributed by atoms with E-state index in [0.717, 1.165) is 28.9 Å². The number of benzene rings is 2. The van der Waals surface area contributed by atoms with Gasteiger partial charge in [-0.25, -0.2) is 13.8 Å². The molecule has 0 aliphatic carbocycles. The highest BCUT2D eigenvalue weighted by atomic mass is 19.1. The quantitative estimate of drug-likeness (QED) is 0.732. The van der Waals surface area contributed by atoms with E-state index >= 15 is 0 Å². The topological polar surface area (TPSA) is 36.3 Å². The summed E-state index contributed by atoms with van der Waals surface area (Å²) in [7, 11) is 1.36. The van der Waals surface area contributed by atoms with Gasteiger partial charge in [-0.05, 0) is 23.3 Å². The lowest BCUT2D eigenvalue weighted by Crippen LogP contribution is -2.02. The first-order chi connectivity index (χ1) is 11.7. The second kappa shape index (κ2) is 5.72. The molecule has 6 heteroatoms. The molecule has 0 unspecified atom stereocenters. The van der Waals surface area contributed by atoms with E-state index in [1.807, 2.05) is 18.2 Å². The number of rotatable bonds is 3. The molecule has 122 valence electrons. The van der Waals surface area contributed by atoms with Gasteiger partial charge in [-0.1, -0.05) is 6.07 Å². The summed E-state index contributed by atoms with van der Waals surface area (Å²) in [6.45, 7) is 1.13. The molecule has 0 N–H and O–H groups in total. The average Bonchev–Trinajstić information content (AvgIpc) is 3.22. The molecular weight excluding hydrogens is 314 g/mol. The van der Waals surface area contributed by atoms with Gasteiger partial charge in [0.05, 0.1) is 25.9 Å². The lowest BCUT2D eigenvalue weighted by Gasteiger charge is -2.11. The van der Waals surface area contributed by atoms with Gasteiger partial charge < -0.3 is 9.47 Å². The molecule has 2 heterocycles. The number of nitrogens with zero attached hydrogens (tertiary/aromatic N) is 2. The molecule has 0 radical (unpaired) electrons. The minimum Gasteiger partial charge on any atom is -0.497 e. The van der Waals surface area contributed by atoms with Crippen molar-refractivity contribution in [2.75, 3.05) is 7.11 Å². The van der Waals surface area contributed by atoms with Crippen molar-refractivity contribution in [1.82, 2.24) is 9.55 Å². The molecule has 1 aromatic heterocycles. The van der Waals surface area contributed by atoms with Gasteiger partial charge in [-0.15, -0.1) is 0 Å². The smallest absolute Gasteiger partial charge is 0.150 e. The zero-order chi connectivity index (χ0) is 16.7. The van der Waals surface area contributed by atoms with Crippen molar-refractivity contribution in [2.45, 2.75) is 13.2 Å². The third-order valence-corrected chi connectivity index (χ3v) is 4.10. The Labute approximate surface area is 137 Å². The van der Waals surface area contributed by atoms with Crippen LogP contribution in [0.3, 0.4) is 0 Å². The van der Waals surface area contributed by atoms with Crippen LogP contribution in [0, 0.1) is 11.6 Å². The van der Waals surface area contributed by atoms with Gasteiger partial charge in [-0.2, -0.15) is 0 Å². The number of methoxy groups -OCH3 is 1. The Bertz CT molecular complexity index is 898. The van der Waals surface area contributed by atoms with Crippen molar-refractivity contribution in [3.8, 4) is 22.8 Å². The molecule has 3 aromatic rings. The number of hydrogen-bond acceptors (Lipinski definition) is 3. The van der Waals surface area contributed by atoms with Gasteiger partial charge in [0.1, 0.15) is 23.2 Å². The van der Waals surface area contributed by atoms with E-state index < -0.39 is 11.6 Å². The number of ether oxygens (including phenoxy) is 2. The second-order valence-corrected chi connectivity index (χ2v) is 5.53. The van der Waals surface area contributed by atoms with Crippen LogP contribution in [0.25, 0.3) is 17.1 Å². The number of imidazole rings is 1. The van der Waals surface area contributed by atoms with Crippen LogP contribution in [-0.2, 0) is 18.0 Å². The molecule has 4 nitrogen and oxygen atoms in total. The first-order valence-electron chi connectivity index (χ1n) is 7.44. The van der Waals surface area contributed by atoms with E-state index in [1.54, 1.807) is 10.8 Å². The fourth-order valence-corrected chi connectivity index (χ4v) is 2.89. The minimum atomic E-state index is -0.719. The molecule has 0 fully saturated rings. The van der Waals surface area contributed by atoms with Crippen molar-refractivity contribution in [3.05, 3.63) is 65.5 Å². The standard InChI is InChI=1S/C18H14F2N2O2/c1-23-14-7-15(19)17(16(20)8-14)18-21-4-5-22(18)13-3-2-11-9-24-10-12(11)6-13/h2-8H,9-10H2,1H3. The highest BCUT2D eigenvalue weighted by Crippen LogP contribution is 2.31. The van der Waals surface area contributed by atoms with Crippen LogP contribution in [0.4, 0.5) is 8.78 Å². The molecule has 0 atom stereocenters. The molecule has 24 heavy (non-hydrogen) atoms. The molecule has 0 amide bonds. The predicted molar refractivity (Wildman–Crippen MR) is 84.0 cm³/mol. The number of aromatic nitrogens is 2. The van der Waals surface area contributed by atoms with E-state index in [1.165, 1.54) is 13.3 Å². The summed E-state index contributed by atoms with van der Waals surface area (Å²) in [4.78, 5) is 4.14. The monoisotopic (exact) mass is 328 g/mol. The third kappa shape index (κ3) is 2.35. The molecule has 0 saturated heterocycles. The summed E-state index contributed by atoms with van der Waals surface area (Å²) in [6, 6.07) is 8.09. The van der Waals surface area contributed by atoms with Crippen LogP contribution < -0.4 is 4.74 Å². The van der Waals surface area contributed by atoms with Gasteiger partial charge >= 0.3 is 0 Å². The van der Waals surface area contributed by atoms with Gasteiger partial charge in [0.2, 0.25) is 0 Å². The summed E-state index contributed by atoms with van der Waals surface area (Å²) >= 11 is 0. The summed E-state index contributed by atoms with van der Waals surface area (Å²) in [5, 5.41) is 0. The first kappa shape index (κ1) is 14.8. The largest absolute Gasteiger partial charge is 0.497 e. The van der Waals surface area contributed by atoms with Crippen LogP contribution in [0.15, 0.2) is 42.7 Å². The van der Waals surface area contributed by atoms with Crippen LogP contribution >= 0.6 is 0 Å². The van der Waals surface area contributed by atoms with E-state index in [2.05, 4.69) is 4.98 Å². The SMILES string of the molecule is COc1cc(F)c(-c2nccn2-c2ccc3c(c2)COC3)c(F)c1. The predicted octanol–water partition coefficient (Wildman–Crippen LogP) is 3.86. The maximum atomic E-state index is 14.4. The van der Waals surface area contributed by atoms with Crippen molar-refractivity contribution in [2.24, 2.45) is 0 Å². The van der Waals surface area contributed by atoms with Crippen molar-refractivity contribution >= 4 is 0 Å². The minimum absolute atomic E-state index is 0.126. The normalized spacial score (nSPS) is 13.1. The summed E-state index contributed by atoms with van der Waals surface area (Å²) in [5.41, 5.74) is 2.80. The van der Waals surface area contributed by atoms with Gasteiger partial charge in [-0.3, -0.25) is 4.57 Å². The summed E-state index contributed by atoms with van der Waals surface area (Å²) < 4.78 is 40.7. The maximum absolute atomic E-state index is 14.4. The zero-order valence-electron chi connectivity index (χ0n) is 12.9. The Hall–Kier alpha value is -2.73. The molecule has 4 rings (SSSR count). The Morgan fingerprint density at radius 3 is 2.58 bits per heavy atom. The Balaban J connectivity index is 1.84. The van der Waals surface area contributed by atoms with Crippen molar-refractivity contribution in [1.29, 1.82) is 0 Å². The molecule has 1 aliphatic rings. The lowest BCUT2D eigenvalue weighted by molar-refractivity contribution is 0.134. The van der Waals surface area contributed by atoms with Crippen LogP contribution in [-0.4, -0.2) is 16.7 Å². The van der Waals surface area contributed by atoms with Crippen molar-refractivity contribution < 1.29 is 18.3 Å². The number of hydrogen-bond donors (Lipinski definition) is 0. The Morgan fingerprint density at radius 1 is 1.08 bits per heavy atom. The highest BCUT2D eigenvalue weighted by Gasteiger charge is 2.20. The summed E-state index contributed by atoms with van der Waals surface area (Å²) in [5.74, 6) is -1.11. The molecule has 1 aliphatic heterocycles. The lowest BCUT2D eigenvalue weighted by atomic mass is 10.1. The molecular formula is C18H14F2N2O2. The second-order valence-electron chi connectivity index (χ2n) is 5.53. The van der Waals surface area contributed by atoms with E-state index in [-0.39, 0.29) is 17.1 Å². The molecule has 2 aromatic carbocycles. The van der Waals surface area contributed by atoms with E-state index in [9.17, 15) is 8.78 Å². The van der Waals surface area contributed by atoms with Gasteiger partial charge in [0.25, 0.3) is 0 Å². The number of halogens is 2. The highest BCUT2D eigenvalue weighted by molar-refractivity contribution is 5.62. The first-order valence-corrected chi connectivity index (χ1v) is 7.44. The molecule has 0 spiro atoms. The van der Waals surface area contributed by atoms with E-state index in [4.69, 9.17) is 9.47 Å². The van der Waals surface area contributed by atoms with Crippen LogP contribution in [0.1, 0.15) is 11.1 Å². The fourth-order valence-electron chi connectivity index (χ4n) is 2.89. The Kier molecular flexibility index (Phi) is 3.54. The van der Waals surface area contributed by atoms with Gasteiger partial charge in [0.15, 0.2) is 0 Å². The van der Waals surface area contributed by atoms with Gasteiger partial charge in [0, 0.05) is 30.2 Å².